The van der Waals surface area contributed by atoms with Gasteiger partial charge in [0.15, 0.2) is 11.5 Å². The van der Waals surface area contributed by atoms with E-state index in [0.717, 1.165) is 21.4 Å². The highest BCUT2D eigenvalue weighted by Crippen LogP contribution is 2.37. The van der Waals surface area contributed by atoms with E-state index < -0.39 is 0 Å². The summed E-state index contributed by atoms with van der Waals surface area (Å²) in [4.78, 5) is 0. The summed E-state index contributed by atoms with van der Waals surface area (Å²) in [6.07, 6.45) is 0. The first kappa shape index (κ1) is 14.5. The van der Waals surface area contributed by atoms with Gasteiger partial charge in [0.05, 0.1) is 25.6 Å². The molecule has 20 heavy (non-hydrogen) atoms. The van der Waals surface area contributed by atoms with E-state index >= 15 is 0 Å². The van der Waals surface area contributed by atoms with Crippen molar-refractivity contribution in [1.29, 1.82) is 0 Å². The van der Waals surface area contributed by atoms with Crippen molar-refractivity contribution in [3.05, 3.63) is 40.4 Å². The van der Waals surface area contributed by atoms with Crippen LogP contribution in [0.4, 0.5) is 17.1 Å². The molecular formula is C15H17BrN2O2. The van der Waals surface area contributed by atoms with Gasteiger partial charge in [-0.05, 0) is 24.6 Å². The molecule has 0 radical (unpaired) electrons. The molecule has 4 nitrogen and oxygen atoms in total. The first-order valence-corrected chi connectivity index (χ1v) is 6.89. The Morgan fingerprint density at radius 3 is 2.30 bits per heavy atom. The molecular weight excluding hydrogens is 320 g/mol. The van der Waals surface area contributed by atoms with E-state index in [1.807, 2.05) is 31.2 Å². The van der Waals surface area contributed by atoms with Gasteiger partial charge in [-0.15, -0.1) is 0 Å². The fraction of sp³-hybridized carbons (Fsp3) is 0.200. The minimum atomic E-state index is 0.599. The van der Waals surface area contributed by atoms with Crippen molar-refractivity contribution in [1.82, 2.24) is 0 Å². The number of aryl methyl sites for hydroxylation is 1. The van der Waals surface area contributed by atoms with Crippen LogP contribution in [-0.2, 0) is 0 Å². The fourth-order valence-electron chi connectivity index (χ4n) is 1.88. The molecule has 0 fully saturated rings. The zero-order chi connectivity index (χ0) is 14.7. The molecule has 0 atom stereocenters. The van der Waals surface area contributed by atoms with E-state index in [0.29, 0.717) is 17.2 Å². The first-order chi connectivity index (χ1) is 9.55. The fourth-order valence-corrected chi connectivity index (χ4v) is 2.24. The summed E-state index contributed by atoms with van der Waals surface area (Å²) in [6.45, 7) is 2.03. The summed E-state index contributed by atoms with van der Waals surface area (Å²) in [5.41, 5.74) is 9.54. The summed E-state index contributed by atoms with van der Waals surface area (Å²) in [5.74, 6) is 1.25. The molecule has 0 bridgehead atoms. The predicted molar refractivity (Wildman–Crippen MR) is 86.1 cm³/mol. The number of ether oxygens (including phenoxy) is 2. The van der Waals surface area contributed by atoms with Crippen molar-refractivity contribution in [2.75, 3.05) is 25.3 Å². The lowest BCUT2D eigenvalue weighted by atomic mass is 10.1. The average Bonchev–Trinajstić information content (AvgIpc) is 2.44. The van der Waals surface area contributed by atoms with Gasteiger partial charge in [-0.1, -0.05) is 22.0 Å². The highest BCUT2D eigenvalue weighted by atomic mass is 79.9. The van der Waals surface area contributed by atoms with Crippen LogP contribution in [-0.4, -0.2) is 14.2 Å². The Hall–Kier alpha value is -1.88. The molecule has 2 aromatic carbocycles. The Labute approximate surface area is 127 Å². The highest BCUT2D eigenvalue weighted by Gasteiger charge is 2.10. The minimum Gasteiger partial charge on any atom is -0.493 e. The maximum Gasteiger partial charge on any atom is 0.162 e. The topological polar surface area (TPSA) is 56.5 Å². The Bertz CT molecular complexity index is 630. The van der Waals surface area contributed by atoms with Crippen molar-refractivity contribution in [2.24, 2.45) is 0 Å². The van der Waals surface area contributed by atoms with Gasteiger partial charge < -0.3 is 20.5 Å². The zero-order valence-corrected chi connectivity index (χ0v) is 13.2. The molecule has 0 heterocycles. The first-order valence-electron chi connectivity index (χ1n) is 6.10. The Morgan fingerprint density at radius 2 is 1.65 bits per heavy atom. The standard InChI is InChI=1S/C15H17BrN2O2/c1-9-4-5-10(16)6-12(9)18-13-8-15(20-3)14(19-2)7-11(13)17/h4-8,18H,17H2,1-3H3. The molecule has 0 saturated carbocycles. The third-order valence-corrected chi connectivity index (χ3v) is 3.52. The third-order valence-electron chi connectivity index (χ3n) is 3.02. The van der Waals surface area contributed by atoms with E-state index in [1.54, 1.807) is 20.3 Å². The van der Waals surface area contributed by atoms with Gasteiger partial charge in [-0.25, -0.2) is 0 Å². The number of nitrogen functional groups attached to an aromatic ring is 1. The SMILES string of the molecule is COc1cc(N)c(Nc2cc(Br)ccc2C)cc1OC. The molecule has 0 saturated heterocycles. The molecule has 106 valence electrons. The second kappa shape index (κ2) is 6.05. The molecule has 0 aliphatic heterocycles. The molecule has 0 aliphatic rings. The van der Waals surface area contributed by atoms with Crippen LogP contribution >= 0.6 is 15.9 Å². The van der Waals surface area contributed by atoms with Crippen LogP contribution in [0.2, 0.25) is 0 Å². The van der Waals surface area contributed by atoms with Crippen molar-refractivity contribution in [3.63, 3.8) is 0 Å². The van der Waals surface area contributed by atoms with Crippen LogP contribution in [0.1, 0.15) is 5.56 Å². The normalized spacial score (nSPS) is 10.2. The Kier molecular flexibility index (Phi) is 4.39. The van der Waals surface area contributed by atoms with Gasteiger partial charge in [0.25, 0.3) is 0 Å². The van der Waals surface area contributed by atoms with Crippen LogP contribution in [0.15, 0.2) is 34.8 Å². The van der Waals surface area contributed by atoms with Crippen molar-refractivity contribution in [2.45, 2.75) is 6.92 Å². The lowest BCUT2D eigenvalue weighted by Gasteiger charge is -2.15. The highest BCUT2D eigenvalue weighted by molar-refractivity contribution is 9.10. The number of methoxy groups -OCH3 is 2. The van der Waals surface area contributed by atoms with Gasteiger partial charge >= 0.3 is 0 Å². The van der Waals surface area contributed by atoms with E-state index in [1.165, 1.54) is 0 Å². The van der Waals surface area contributed by atoms with Crippen LogP contribution in [0.5, 0.6) is 11.5 Å². The summed E-state index contributed by atoms with van der Waals surface area (Å²) >= 11 is 3.46. The smallest absolute Gasteiger partial charge is 0.162 e. The number of nitrogens with two attached hydrogens (primary N) is 1. The van der Waals surface area contributed by atoms with E-state index in [2.05, 4.69) is 21.2 Å². The van der Waals surface area contributed by atoms with Gasteiger partial charge in [-0.3, -0.25) is 0 Å². The van der Waals surface area contributed by atoms with Crippen LogP contribution in [0.3, 0.4) is 0 Å². The monoisotopic (exact) mass is 336 g/mol. The number of rotatable bonds is 4. The summed E-state index contributed by atoms with van der Waals surface area (Å²) < 4.78 is 11.5. The summed E-state index contributed by atoms with van der Waals surface area (Å²) in [7, 11) is 3.19. The largest absolute Gasteiger partial charge is 0.493 e. The number of nitrogens with one attached hydrogen (secondary N) is 1. The van der Waals surface area contributed by atoms with Crippen molar-refractivity contribution < 1.29 is 9.47 Å². The second-order valence-corrected chi connectivity index (χ2v) is 5.29. The minimum absolute atomic E-state index is 0.599. The lowest BCUT2D eigenvalue weighted by Crippen LogP contribution is -2.00. The average molecular weight is 337 g/mol. The lowest BCUT2D eigenvalue weighted by molar-refractivity contribution is 0.355. The Balaban J connectivity index is 2.40. The summed E-state index contributed by atoms with van der Waals surface area (Å²) in [6, 6.07) is 9.61. The van der Waals surface area contributed by atoms with E-state index in [4.69, 9.17) is 15.2 Å². The maximum atomic E-state index is 6.05. The molecule has 2 aromatic rings. The number of hydrogen-bond acceptors (Lipinski definition) is 4. The second-order valence-electron chi connectivity index (χ2n) is 4.38. The van der Waals surface area contributed by atoms with Crippen molar-refractivity contribution >= 4 is 33.0 Å². The molecule has 3 N–H and O–H groups in total. The summed E-state index contributed by atoms with van der Waals surface area (Å²) in [5, 5.41) is 3.32. The van der Waals surface area contributed by atoms with E-state index in [-0.39, 0.29) is 0 Å². The van der Waals surface area contributed by atoms with Gasteiger partial charge in [-0.2, -0.15) is 0 Å². The van der Waals surface area contributed by atoms with Crippen LogP contribution in [0.25, 0.3) is 0 Å². The molecule has 0 aromatic heterocycles. The van der Waals surface area contributed by atoms with E-state index in [9.17, 15) is 0 Å². The Morgan fingerprint density at radius 1 is 1.00 bits per heavy atom. The van der Waals surface area contributed by atoms with Crippen LogP contribution in [0, 0.1) is 6.92 Å². The number of hydrogen-bond donors (Lipinski definition) is 2. The molecule has 2 rings (SSSR count). The molecule has 0 amide bonds. The quantitative estimate of drug-likeness (QED) is 0.825. The molecule has 0 aliphatic carbocycles. The third kappa shape index (κ3) is 2.99. The number of halogens is 1. The zero-order valence-electron chi connectivity index (χ0n) is 11.7. The molecule has 0 unspecified atom stereocenters. The van der Waals surface area contributed by atoms with Gasteiger partial charge in [0.1, 0.15) is 0 Å². The van der Waals surface area contributed by atoms with Gasteiger partial charge in [0, 0.05) is 22.3 Å². The van der Waals surface area contributed by atoms with Crippen molar-refractivity contribution in [3.8, 4) is 11.5 Å². The van der Waals surface area contributed by atoms with Gasteiger partial charge in [0.2, 0.25) is 0 Å². The number of anilines is 3. The van der Waals surface area contributed by atoms with Crippen LogP contribution < -0.4 is 20.5 Å². The predicted octanol–water partition coefficient (Wildman–Crippen LogP) is 4.10. The molecule has 5 heteroatoms. The molecule has 0 spiro atoms. The maximum absolute atomic E-state index is 6.05. The number of benzene rings is 2.